The third-order valence-corrected chi connectivity index (χ3v) is 0.583. The van der Waals surface area contributed by atoms with Crippen molar-refractivity contribution in [3.63, 3.8) is 0 Å². The van der Waals surface area contributed by atoms with Crippen LogP contribution in [-0.4, -0.2) is 34.1 Å². The van der Waals surface area contributed by atoms with Crippen LogP contribution >= 0.6 is 0 Å². The average Bonchev–Trinajstić information content (AvgIpc) is 1.56. The lowest BCUT2D eigenvalue weighted by molar-refractivity contribution is -0.118. The third-order valence-electron chi connectivity index (χ3n) is 0.583. The Kier molecular flexibility index (Phi) is 9.89. The molecule has 0 aliphatic heterocycles. The minimum absolute atomic E-state index is 0.0370. The van der Waals surface area contributed by atoms with Gasteiger partial charge in [-0.3, -0.25) is 4.79 Å². The van der Waals surface area contributed by atoms with E-state index >= 15 is 0 Å². The van der Waals surface area contributed by atoms with Crippen molar-refractivity contribution < 1.29 is 14.5 Å². The average molecular weight is 180 g/mol. The number of Topliss-reactive ketones (excluding diaryl/α,β-unsaturated/α-hetero) is 1. The molecule has 0 spiro atoms. The Bertz CT molecular complexity index is 99.1. The van der Waals surface area contributed by atoms with Gasteiger partial charge in [-0.15, -0.1) is 0 Å². The summed E-state index contributed by atoms with van der Waals surface area (Å²) in [6.45, 7) is 3.06. The minimum Gasteiger partial charge on any atom is -0.617 e. The first-order valence-electron chi connectivity index (χ1n) is 3.28. The first-order chi connectivity index (χ1) is 4.86. The fraction of sp³-hybridized carbons (Fsp3) is 0.857. The SMILES string of the molecule is CC(=O)CC(C)O.C[S+](C)[O-]. The van der Waals surface area contributed by atoms with Crippen LogP contribution in [0.4, 0.5) is 0 Å². The second-order valence-corrected chi connectivity index (χ2v) is 3.98. The number of ketones is 1. The van der Waals surface area contributed by atoms with Crippen molar-refractivity contribution in [2.24, 2.45) is 0 Å². The fourth-order valence-electron chi connectivity index (χ4n) is 0.416. The van der Waals surface area contributed by atoms with Crippen LogP contribution in [0.2, 0.25) is 0 Å². The second kappa shape index (κ2) is 8.04. The number of aliphatic hydroxyl groups excluding tert-OH is 1. The topological polar surface area (TPSA) is 60.4 Å². The van der Waals surface area contributed by atoms with E-state index in [1.165, 1.54) is 6.92 Å². The van der Waals surface area contributed by atoms with Gasteiger partial charge in [0, 0.05) is 6.42 Å². The van der Waals surface area contributed by atoms with Gasteiger partial charge in [-0.05, 0) is 13.8 Å². The first-order valence-corrected chi connectivity index (χ1v) is 5.25. The molecule has 3 nitrogen and oxygen atoms in total. The summed E-state index contributed by atoms with van der Waals surface area (Å²) in [7, 11) is 0. The summed E-state index contributed by atoms with van der Waals surface area (Å²) in [6.07, 6.45) is 3.08. The molecule has 0 bridgehead atoms. The molecule has 1 unspecified atom stereocenters. The van der Waals surface area contributed by atoms with Crippen LogP contribution in [0.5, 0.6) is 0 Å². The van der Waals surface area contributed by atoms with Gasteiger partial charge in [-0.2, -0.15) is 0 Å². The summed E-state index contributed by atoms with van der Waals surface area (Å²) in [5, 5.41) is 8.50. The highest BCUT2D eigenvalue weighted by molar-refractivity contribution is 7.89. The van der Waals surface area contributed by atoms with Crippen LogP contribution < -0.4 is 0 Å². The van der Waals surface area contributed by atoms with Crippen LogP contribution in [-0.2, 0) is 16.0 Å². The molecule has 0 saturated heterocycles. The molecular formula is C7H16O3S. The van der Waals surface area contributed by atoms with Gasteiger partial charge in [0.25, 0.3) is 0 Å². The Morgan fingerprint density at radius 2 is 1.91 bits per heavy atom. The van der Waals surface area contributed by atoms with E-state index in [2.05, 4.69) is 0 Å². The molecule has 0 saturated carbocycles. The van der Waals surface area contributed by atoms with E-state index in [9.17, 15) is 9.35 Å². The molecule has 0 aliphatic carbocycles. The Morgan fingerprint density at radius 3 is 1.91 bits per heavy atom. The molecular weight excluding hydrogens is 164 g/mol. The predicted molar refractivity (Wildman–Crippen MR) is 47.0 cm³/mol. The zero-order valence-corrected chi connectivity index (χ0v) is 8.27. The summed E-state index contributed by atoms with van der Waals surface area (Å²) in [5.41, 5.74) is 0. The largest absolute Gasteiger partial charge is 0.617 e. The van der Waals surface area contributed by atoms with Crippen molar-refractivity contribution in [3.05, 3.63) is 0 Å². The Labute approximate surface area is 71.0 Å². The summed E-state index contributed by atoms with van der Waals surface area (Å²) in [5.74, 6) is 0.0370. The van der Waals surface area contributed by atoms with E-state index in [0.29, 0.717) is 0 Å². The van der Waals surface area contributed by atoms with Crippen LogP contribution in [0.3, 0.4) is 0 Å². The highest BCUT2D eigenvalue weighted by Crippen LogP contribution is 1.87. The van der Waals surface area contributed by atoms with Crippen molar-refractivity contribution in [2.75, 3.05) is 12.5 Å². The standard InChI is InChI=1S/C5H10O2.C2H6OS/c1-4(6)3-5(2)7;1-4(2)3/h4,6H,3H2,1-2H3;1-2H3. The van der Waals surface area contributed by atoms with Crippen LogP contribution in [0.25, 0.3) is 0 Å². The van der Waals surface area contributed by atoms with E-state index in [4.69, 9.17) is 5.11 Å². The molecule has 1 atom stereocenters. The molecule has 0 aromatic carbocycles. The lowest BCUT2D eigenvalue weighted by atomic mass is 10.2. The van der Waals surface area contributed by atoms with Crippen molar-refractivity contribution in [1.82, 2.24) is 0 Å². The quantitative estimate of drug-likeness (QED) is 0.623. The van der Waals surface area contributed by atoms with E-state index in [1.54, 1.807) is 19.4 Å². The molecule has 0 rings (SSSR count). The maximum Gasteiger partial charge on any atom is 0.132 e. The lowest BCUT2D eigenvalue weighted by Gasteiger charge is -1.95. The Morgan fingerprint density at radius 1 is 1.64 bits per heavy atom. The number of carbonyl (C=O) groups is 1. The molecule has 0 fully saturated rings. The maximum atomic E-state index is 10.1. The summed E-state index contributed by atoms with van der Waals surface area (Å²) >= 11 is -0.611. The molecule has 11 heavy (non-hydrogen) atoms. The molecule has 0 radical (unpaired) electrons. The maximum absolute atomic E-state index is 10.1. The van der Waals surface area contributed by atoms with E-state index in [-0.39, 0.29) is 12.2 Å². The summed E-state index contributed by atoms with van der Waals surface area (Å²) < 4.78 is 9.56. The number of hydrogen-bond donors (Lipinski definition) is 1. The summed E-state index contributed by atoms with van der Waals surface area (Å²) in [4.78, 5) is 10.1. The molecule has 4 heteroatoms. The molecule has 0 heterocycles. The lowest BCUT2D eigenvalue weighted by Crippen LogP contribution is -2.04. The van der Waals surface area contributed by atoms with Gasteiger partial charge in [0.15, 0.2) is 0 Å². The molecule has 0 amide bonds. The van der Waals surface area contributed by atoms with Crippen LogP contribution in [0.15, 0.2) is 0 Å². The smallest absolute Gasteiger partial charge is 0.132 e. The molecule has 0 aliphatic rings. The highest BCUT2D eigenvalue weighted by atomic mass is 32.2. The number of carbonyl (C=O) groups excluding carboxylic acids is 1. The van der Waals surface area contributed by atoms with E-state index in [1.807, 2.05) is 0 Å². The number of aliphatic hydroxyl groups is 1. The normalized spacial score (nSPS) is 11.9. The zero-order valence-electron chi connectivity index (χ0n) is 7.46. The van der Waals surface area contributed by atoms with Gasteiger partial charge in [0.05, 0.1) is 18.6 Å². The van der Waals surface area contributed by atoms with Gasteiger partial charge >= 0.3 is 0 Å². The highest BCUT2D eigenvalue weighted by Gasteiger charge is 1.96. The van der Waals surface area contributed by atoms with Crippen molar-refractivity contribution in [1.29, 1.82) is 0 Å². The van der Waals surface area contributed by atoms with E-state index in [0.717, 1.165) is 0 Å². The van der Waals surface area contributed by atoms with Crippen molar-refractivity contribution in [3.8, 4) is 0 Å². The molecule has 1 N–H and O–H groups in total. The number of hydrogen-bond acceptors (Lipinski definition) is 3. The molecule has 0 aromatic rings. The third kappa shape index (κ3) is 40.4. The predicted octanol–water partition coefficient (Wildman–Crippen LogP) is 0.341. The number of rotatable bonds is 2. The van der Waals surface area contributed by atoms with E-state index < -0.39 is 17.3 Å². The van der Waals surface area contributed by atoms with Crippen molar-refractivity contribution in [2.45, 2.75) is 26.4 Å². The van der Waals surface area contributed by atoms with Gasteiger partial charge < -0.3 is 9.66 Å². The fourth-order valence-corrected chi connectivity index (χ4v) is 0.416. The van der Waals surface area contributed by atoms with Gasteiger partial charge in [0.2, 0.25) is 0 Å². The Balaban J connectivity index is 0. The molecule has 0 aromatic heterocycles. The van der Waals surface area contributed by atoms with Crippen LogP contribution in [0.1, 0.15) is 20.3 Å². The zero-order chi connectivity index (χ0) is 9.44. The second-order valence-electron chi connectivity index (χ2n) is 2.50. The minimum atomic E-state index is -0.611. The van der Waals surface area contributed by atoms with Gasteiger partial charge in [-0.1, -0.05) is 11.2 Å². The van der Waals surface area contributed by atoms with Crippen molar-refractivity contribution >= 4 is 17.0 Å². The summed E-state index contributed by atoms with van der Waals surface area (Å²) in [6, 6.07) is 0. The Hall–Kier alpha value is -0.0600. The van der Waals surface area contributed by atoms with Gasteiger partial charge in [-0.25, -0.2) is 0 Å². The monoisotopic (exact) mass is 180 g/mol. The molecule has 68 valence electrons. The van der Waals surface area contributed by atoms with Gasteiger partial charge in [0.1, 0.15) is 5.78 Å². The first kappa shape index (κ1) is 13.5. The van der Waals surface area contributed by atoms with Crippen LogP contribution in [0, 0.1) is 0 Å².